The summed E-state index contributed by atoms with van der Waals surface area (Å²) < 4.78 is 2.43. The van der Waals surface area contributed by atoms with Crippen molar-refractivity contribution in [2.45, 2.75) is 39.0 Å². The summed E-state index contributed by atoms with van der Waals surface area (Å²) in [4.78, 5) is 21.0. The number of nitrogens with zero attached hydrogens (tertiary/aromatic N) is 4. The molecular weight excluding hydrogens is 348 g/mol. The third-order valence-corrected chi connectivity index (χ3v) is 5.10. The van der Waals surface area contributed by atoms with Gasteiger partial charge in [-0.05, 0) is 26.0 Å². The van der Waals surface area contributed by atoms with E-state index in [1.807, 2.05) is 39.2 Å². The van der Waals surface area contributed by atoms with Crippen LogP contribution in [-0.2, 0) is 23.2 Å². The maximum Gasteiger partial charge on any atom is 0.267 e. The first-order valence-electron chi connectivity index (χ1n) is 7.70. The van der Waals surface area contributed by atoms with Gasteiger partial charge in [0, 0.05) is 37.8 Å². The Morgan fingerprint density at radius 3 is 2.92 bits per heavy atom. The molecule has 2 aromatic rings. The van der Waals surface area contributed by atoms with Crippen LogP contribution in [0.5, 0.6) is 0 Å². The second-order valence-electron chi connectivity index (χ2n) is 6.02. The number of oxime groups is 1. The SMILES string of the molecule is CC(C)N(Cc1cnn(C)c1)C(=O)C1CC(c2ccc(Cl)s2)=NO1. The van der Waals surface area contributed by atoms with Gasteiger partial charge >= 0.3 is 0 Å². The number of aromatic nitrogens is 2. The third-order valence-electron chi connectivity index (χ3n) is 3.82. The van der Waals surface area contributed by atoms with Gasteiger partial charge in [0.1, 0.15) is 5.71 Å². The maximum atomic E-state index is 12.9. The van der Waals surface area contributed by atoms with Crippen LogP contribution >= 0.6 is 22.9 Å². The predicted octanol–water partition coefficient (Wildman–Crippen LogP) is 3.07. The number of rotatable bonds is 5. The predicted molar refractivity (Wildman–Crippen MR) is 94.3 cm³/mol. The van der Waals surface area contributed by atoms with E-state index in [-0.39, 0.29) is 11.9 Å². The Hall–Kier alpha value is -1.86. The van der Waals surface area contributed by atoms with Crippen molar-refractivity contribution < 1.29 is 9.63 Å². The van der Waals surface area contributed by atoms with Gasteiger partial charge in [-0.25, -0.2) is 0 Å². The summed E-state index contributed by atoms with van der Waals surface area (Å²) in [5.74, 6) is -0.0599. The number of aryl methyl sites for hydroxylation is 1. The molecule has 128 valence electrons. The molecule has 3 heterocycles. The second-order valence-corrected chi connectivity index (χ2v) is 7.74. The van der Waals surface area contributed by atoms with Crippen LogP contribution in [-0.4, -0.2) is 38.4 Å². The number of hydrogen-bond acceptors (Lipinski definition) is 5. The molecule has 0 saturated heterocycles. The number of amides is 1. The van der Waals surface area contributed by atoms with Crippen molar-refractivity contribution in [3.8, 4) is 0 Å². The van der Waals surface area contributed by atoms with E-state index in [1.165, 1.54) is 11.3 Å². The lowest BCUT2D eigenvalue weighted by atomic mass is 10.1. The van der Waals surface area contributed by atoms with Crippen molar-refractivity contribution in [1.29, 1.82) is 0 Å². The highest BCUT2D eigenvalue weighted by Gasteiger charge is 2.34. The highest BCUT2D eigenvalue weighted by molar-refractivity contribution is 7.18. The summed E-state index contributed by atoms with van der Waals surface area (Å²) in [5, 5.41) is 8.23. The first kappa shape index (κ1) is 17.0. The fraction of sp³-hybridized carbons (Fsp3) is 0.438. The number of carbonyl (C=O) groups excluding carboxylic acids is 1. The lowest BCUT2D eigenvalue weighted by Crippen LogP contribution is -2.42. The van der Waals surface area contributed by atoms with E-state index in [2.05, 4.69) is 10.3 Å². The Balaban J connectivity index is 1.68. The Labute approximate surface area is 149 Å². The van der Waals surface area contributed by atoms with Crippen molar-refractivity contribution >= 4 is 34.6 Å². The molecule has 1 aliphatic rings. The molecule has 1 aliphatic heterocycles. The summed E-state index contributed by atoms with van der Waals surface area (Å²) in [6.07, 6.45) is 3.56. The molecule has 0 N–H and O–H groups in total. The zero-order valence-electron chi connectivity index (χ0n) is 13.8. The number of carbonyl (C=O) groups is 1. The van der Waals surface area contributed by atoms with E-state index in [1.54, 1.807) is 15.8 Å². The minimum absolute atomic E-state index is 0.0570. The van der Waals surface area contributed by atoms with Gasteiger partial charge in [0.05, 0.1) is 15.4 Å². The fourth-order valence-corrected chi connectivity index (χ4v) is 3.61. The maximum absolute atomic E-state index is 12.9. The van der Waals surface area contributed by atoms with Crippen molar-refractivity contribution in [3.63, 3.8) is 0 Å². The van der Waals surface area contributed by atoms with Gasteiger partial charge in [0.2, 0.25) is 6.10 Å². The molecule has 0 radical (unpaired) electrons. The highest BCUT2D eigenvalue weighted by Crippen LogP contribution is 2.27. The summed E-state index contributed by atoms with van der Waals surface area (Å²) in [6, 6.07) is 3.78. The summed E-state index contributed by atoms with van der Waals surface area (Å²) >= 11 is 7.40. The van der Waals surface area contributed by atoms with Crippen LogP contribution in [0.25, 0.3) is 0 Å². The first-order valence-corrected chi connectivity index (χ1v) is 8.90. The molecule has 2 aromatic heterocycles. The largest absolute Gasteiger partial charge is 0.382 e. The molecule has 0 aromatic carbocycles. The second kappa shape index (κ2) is 6.94. The molecule has 3 rings (SSSR count). The van der Waals surface area contributed by atoms with Crippen molar-refractivity contribution in [2.24, 2.45) is 12.2 Å². The van der Waals surface area contributed by atoms with E-state index < -0.39 is 6.10 Å². The van der Waals surface area contributed by atoms with Crippen LogP contribution < -0.4 is 0 Å². The van der Waals surface area contributed by atoms with E-state index in [0.717, 1.165) is 16.2 Å². The topological polar surface area (TPSA) is 59.7 Å². The number of halogens is 1. The van der Waals surface area contributed by atoms with E-state index in [9.17, 15) is 4.79 Å². The van der Waals surface area contributed by atoms with Gasteiger partial charge in [-0.15, -0.1) is 11.3 Å². The zero-order chi connectivity index (χ0) is 17.3. The smallest absolute Gasteiger partial charge is 0.267 e. The van der Waals surface area contributed by atoms with E-state index in [4.69, 9.17) is 16.4 Å². The first-order chi connectivity index (χ1) is 11.4. The normalized spacial score (nSPS) is 17.0. The summed E-state index contributed by atoms with van der Waals surface area (Å²) in [7, 11) is 1.86. The van der Waals surface area contributed by atoms with Crippen LogP contribution in [0.1, 0.15) is 30.7 Å². The van der Waals surface area contributed by atoms with Crippen LogP contribution in [0.2, 0.25) is 4.34 Å². The molecule has 1 amide bonds. The van der Waals surface area contributed by atoms with Crippen molar-refractivity contribution in [1.82, 2.24) is 14.7 Å². The average molecular weight is 367 g/mol. The standard InChI is InChI=1S/C16H19ClN4O2S/c1-10(2)21(9-11-7-18-20(3)8-11)16(22)13-6-12(19-23-13)14-4-5-15(17)24-14/h4-5,7-8,10,13H,6,9H2,1-3H3. The minimum Gasteiger partial charge on any atom is -0.382 e. The number of thiophene rings is 1. The molecule has 1 atom stereocenters. The Morgan fingerprint density at radius 1 is 1.54 bits per heavy atom. The minimum atomic E-state index is -0.583. The van der Waals surface area contributed by atoms with Gasteiger partial charge in [0.15, 0.2) is 0 Å². The Morgan fingerprint density at radius 2 is 2.33 bits per heavy atom. The van der Waals surface area contributed by atoms with Crippen LogP contribution in [0, 0.1) is 0 Å². The third kappa shape index (κ3) is 3.62. The summed E-state index contributed by atoms with van der Waals surface area (Å²) in [6.45, 7) is 4.48. The number of hydrogen-bond donors (Lipinski definition) is 0. The molecule has 8 heteroatoms. The van der Waals surface area contributed by atoms with Crippen molar-refractivity contribution in [2.75, 3.05) is 0 Å². The molecule has 0 bridgehead atoms. The van der Waals surface area contributed by atoms with Crippen LogP contribution in [0.4, 0.5) is 0 Å². The van der Waals surface area contributed by atoms with Gasteiger partial charge in [0.25, 0.3) is 5.91 Å². The molecule has 0 fully saturated rings. The molecule has 0 saturated carbocycles. The summed E-state index contributed by atoms with van der Waals surface area (Å²) in [5.41, 5.74) is 1.76. The molecule has 0 aliphatic carbocycles. The van der Waals surface area contributed by atoms with Gasteiger partial charge in [-0.2, -0.15) is 5.10 Å². The van der Waals surface area contributed by atoms with E-state index in [0.29, 0.717) is 17.3 Å². The Kier molecular flexibility index (Phi) is 4.91. The molecule has 0 spiro atoms. The monoisotopic (exact) mass is 366 g/mol. The molecule has 1 unspecified atom stereocenters. The quantitative estimate of drug-likeness (QED) is 0.817. The van der Waals surface area contributed by atoms with E-state index >= 15 is 0 Å². The van der Waals surface area contributed by atoms with Gasteiger partial charge in [-0.3, -0.25) is 9.48 Å². The lowest BCUT2D eigenvalue weighted by Gasteiger charge is -2.28. The Bertz CT molecular complexity index is 768. The van der Waals surface area contributed by atoms with Crippen molar-refractivity contribution in [3.05, 3.63) is 39.3 Å². The average Bonchev–Trinajstić information content (AvgIpc) is 3.24. The molecule has 6 nitrogen and oxygen atoms in total. The van der Waals surface area contributed by atoms with Gasteiger partial charge < -0.3 is 9.74 Å². The fourth-order valence-electron chi connectivity index (χ4n) is 2.57. The lowest BCUT2D eigenvalue weighted by molar-refractivity contribution is -0.144. The molecule has 24 heavy (non-hydrogen) atoms. The zero-order valence-corrected chi connectivity index (χ0v) is 15.3. The van der Waals surface area contributed by atoms with Crippen LogP contribution in [0.15, 0.2) is 29.7 Å². The van der Waals surface area contributed by atoms with Gasteiger partial charge in [-0.1, -0.05) is 16.8 Å². The molecular formula is C16H19ClN4O2S. The van der Waals surface area contributed by atoms with Crippen LogP contribution in [0.3, 0.4) is 0 Å². The highest BCUT2D eigenvalue weighted by atomic mass is 35.5.